The van der Waals surface area contributed by atoms with Gasteiger partial charge >= 0.3 is 0 Å². The van der Waals surface area contributed by atoms with Crippen molar-refractivity contribution in [2.75, 3.05) is 26.8 Å². The third-order valence-corrected chi connectivity index (χ3v) is 2.44. The van der Waals surface area contributed by atoms with E-state index < -0.39 is 0 Å². The van der Waals surface area contributed by atoms with Crippen LogP contribution in [0.5, 0.6) is 0 Å². The molecular weight excluding hydrogens is 192 g/mol. The molecule has 1 unspecified atom stereocenters. The van der Waals surface area contributed by atoms with Gasteiger partial charge in [-0.2, -0.15) is 0 Å². The van der Waals surface area contributed by atoms with Gasteiger partial charge in [-0.15, -0.1) is 0 Å². The minimum atomic E-state index is -0.346. The molecule has 0 aromatic heterocycles. The molecule has 0 aliphatic rings. The van der Waals surface area contributed by atoms with E-state index in [1.807, 2.05) is 6.92 Å². The molecule has 90 valence electrons. The number of hydrogen-bond acceptors (Lipinski definition) is 3. The quantitative estimate of drug-likeness (QED) is 0.658. The molecule has 0 radical (unpaired) electrons. The molecule has 1 amide bonds. The molecule has 0 spiro atoms. The number of unbranched alkanes of at least 4 members (excludes halogenated alkanes) is 1. The first kappa shape index (κ1) is 14.4. The first-order chi connectivity index (χ1) is 7.17. The lowest BCUT2D eigenvalue weighted by Crippen LogP contribution is -2.44. The standard InChI is InChI=1S/C11H24N2O2/c1-4-6-7-10(12)11(14)13(5-2)8-9-15-3/h10H,4-9,12H2,1-3H3. The molecule has 0 aliphatic carbocycles. The Kier molecular flexibility index (Phi) is 8.33. The molecule has 0 saturated carbocycles. The maximum Gasteiger partial charge on any atom is 0.239 e. The summed E-state index contributed by atoms with van der Waals surface area (Å²) in [6, 6.07) is -0.346. The minimum Gasteiger partial charge on any atom is -0.383 e. The van der Waals surface area contributed by atoms with Crippen molar-refractivity contribution in [1.29, 1.82) is 0 Å². The number of carbonyl (C=O) groups excluding carboxylic acids is 1. The molecule has 0 heterocycles. The summed E-state index contributed by atoms with van der Waals surface area (Å²) < 4.78 is 4.95. The lowest BCUT2D eigenvalue weighted by atomic mass is 10.1. The van der Waals surface area contributed by atoms with Gasteiger partial charge in [0.25, 0.3) is 0 Å². The first-order valence-corrected chi connectivity index (χ1v) is 5.70. The van der Waals surface area contributed by atoms with E-state index in [1.165, 1.54) is 0 Å². The Morgan fingerprint density at radius 3 is 2.60 bits per heavy atom. The lowest BCUT2D eigenvalue weighted by molar-refractivity contribution is -0.133. The summed E-state index contributed by atoms with van der Waals surface area (Å²) in [6.07, 6.45) is 2.86. The fraction of sp³-hybridized carbons (Fsp3) is 0.909. The summed E-state index contributed by atoms with van der Waals surface area (Å²) >= 11 is 0. The molecule has 0 bridgehead atoms. The molecular formula is C11H24N2O2. The normalized spacial score (nSPS) is 12.5. The summed E-state index contributed by atoms with van der Waals surface area (Å²) in [5, 5.41) is 0. The number of rotatable bonds is 8. The molecule has 15 heavy (non-hydrogen) atoms. The largest absolute Gasteiger partial charge is 0.383 e. The van der Waals surface area contributed by atoms with Crippen LogP contribution in [0.25, 0.3) is 0 Å². The van der Waals surface area contributed by atoms with Crippen LogP contribution in [0.15, 0.2) is 0 Å². The van der Waals surface area contributed by atoms with Gasteiger partial charge in [0.05, 0.1) is 12.6 Å². The maximum absolute atomic E-state index is 11.8. The van der Waals surface area contributed by atoms with Gasteiger partial charge in [0.1, 0.15) is 0 Å². The number of ether oxygens (including phenoxy) is 1. The second kappa shape index (κ2) is 8.68. The van der Waals surface area contributed by atoms with Crippen molar-refractivity contribution in [1.82, 2.24) is 4.90 Å². The average molecular weight is 216 g/mol. The number of likely N-dealkylation sites (N-methyl/N-ethyl adjacent to an activating group) is 1. The number of amides is 1. The van der Waals surface area contributed by atoms with Crippen molar-refractivity contribution in [2.45, 2.75) is 39.2 Å². The van der Waals surface area contributed by atoms with E-state index in [0.717, 1.165) is 19.3 Å². The summed E-state index contributed by atoms with van der Waals surface area (Å²) in [5.41, 5.74) is 5.82. The predicted octanol–water partition coefficient (Wildman–Crippen LogP) is 0.999. The Bertz CT molecular complexity index is 174. The second-order valence-electron chi connectivity index (χ2n) is 3.66. The minimum absolute atomic E-state index is 0.0444. The van der Waals surface area contributed by atoms with Crippen LogP contribution in [0.1, 0.15) is 33.1 Å². The Morgan fingerprint density at radius 2 is 2.13 bits per heavy atom. The fourth-order valence-corrected chi connectivity index (χ4v) is 1.41. The molecule has 2 N–H and O–H groups in total. The van der Waals surface area contributed by atoms with E-state index in [-0.39, 0.29) is 11.9 Å². The van der Waals surface area contributed by atoms with Gasteiger partial charge in [-0.1, -0.05) is 19.8 Å². The zero-order chi connectivity index (χ0) is 11.7. The number of nitrogens with zero attached hydrogens (tertiary/aromatic N) is 1. The van der Waals surface area contributed by atoms with E-state index >= 15 is 0 Å². The van der Waals surface area contributed by atoms with E-state index in [4.69, 9.17) is 10.5 Å². The van der Waals surface area contributed by atoms with Gasteiger partial charge in [-0.25, -0.2) is 0 Å². The molecule has 0 saturated heterocycles. The van der Waals surface area contributed by atoms with Crippen LogP contribution >= 0.6 is 0 Å². The smallest absolute Gasteiger partial charge is 0.239 e. The van der Waals surface area contributed by atoms with Gasteiger partial charge in [0.15, 0.2) is 0 Å². The highest BCUT2D eigenvalue weighted by molar-refractivity contribution is 5.81. The van der Waals surface area contributed by atoms with Crippen molar-refractivity contribution < 1.29 is 9.53 Å². The monoisotopic (exact) mass is 216 g/mol. The fourth-order valence-electron chi connectivity index (χ4n) is 1.41. The van der Waals surface area contributed by atoms with E-state index in [2.05, 4.69) is 6.92 Å². The molecule has 0 rings (SSSR count). The Hall–Kier alpha value is -0.610. The third-order valence-electron chi connectivity index (χ3n) is 2.44. The van der Waals surface area contributed by atoms with Crippen LogP contribution in [0, 0.1) is 0 Å². The van der Waals surface area contributed by atoms with Crippen LogP contribution in [-0.4, -0.2) is 43.7 Å². The summed E-state index contributed by atoms with van der Waals surface area (Å²) in [7, 11) is 1.63. The van der Waals surface area contributed by atoms with Crippen LogP contribution in [0.2, 0.25) is 0 Å². The third kappa shape index (κ3) is 5.74. The van der Waals surface area contributed by atoms with Crippen LogP contribution in [0.4, 0.5) is 0 Å². The van der Waals surface area contributed by atoms with E-state index in [9.17, 15) is 4.79 Å². The molecule has 0 fully saturated rings. The van der Waals surface area contributed by atoms with Gasteiger partial charge in [0, 0.05) is 20.2 Å². The number of carbonyl (C=O) groups is 1. The van der Waals surface area contributed by atoms with E-state index in [0.29, 0.717) is 19.7 Å². The lowest BCUT2D eigenvalue weighted by Gasteiger charge is -2.23. The number of nitrogens with two attached hydrogens (primary N) is 1. The maximum atomic E-state index is 11.8. The number of methoxy groups -OCH3 is 1. The van der Waals surface area contributed by atoms with E-state index in [1.54, 1.807) is 12.0 Å². The Labute approximate surface area is 92.8 Å². The topological polar surface area (TPSA) is 55.6 Å². The van der Waals surface area contributed by atoms with Crippen molar-refractivity contribution in [2.24, 2.45) is 5.73 Å². The van der Waals surface area contributed by atoms with Crippen LogP contribution < -0.4 is 5.73 Å². The van der Waals surface area contributed by atoms with Gasteiger partial charge in [-0.3, -0.25) is 4.79 Å². The molecule has 4 heteroatoms. The van der Waals surface area contributed by atoms with Crippen molar-refractivity contribution in [3.63, 3.8) is 0 Å². The highest BCUT2D eigenvalue weighted by Crippen LogP contribution is 2.02. The molecule has 4 nitrogen and oxygen atoms in total. The Morgan fingerprint density at radius 1 is 1.47 bits per heavy atom. The zero-order valence-electron chi connectivity index (χ0n) is 10.2. The summed E-state index contributed by atoms with van der Waals surface area (Å²) in [6.45, 7) is 5.95. The van der Waals surface area contributed by atoms with Gasteiger partial charge in [0.2, 0.25) is 5.91 Å². The van der Waals surface area contributed by atoms with Crippen LogP contribution in [0.3, 0.4) is 0 Å². The van der Waals surface area contributed by atoms with Gasteiger partial charge < -0.3 is 15.4 Å². The molecule has 1 atom stereocenters. The molecule has 0 aliphatic heterocycles. The second-order valence-corrected chi connectivity index (χ2v) is 3.66. The average Bonchev–Trinajstić information content (AvgIpc) is 2.26. The van der Waals surface area contributed by atoms with Crippen LogP contribution in [-0.2, 0) is 9.53 Å². The van der Waals surface area contributed by atoms with Crippen molar-refractivity contribution >= 4 is 5.91 Å². The SMILES string of the molecule is CCCCC(N)C(=O)N(CC)CCOC. The zero-order valence-corrected chi connectivity index (χ0v) is 10.2. The highest BCUT2D eigenvalue weighted by atomic mass is 16.5. The predicted molar refractivity (Wildman–Crippen MR) is 61.6 cm³/mol. The summed E-state index contributed by atoms with van der Waals surface area (Å²) in [4.78, 5) is 13.6. The molecule has 0 aromatic rings. The van der Waals surface area contributed by atoms with Crippen molar-refractivity contribution in [3.05, 3.63) is 0 Å². The Balaban J connectivity index is 4.00. The summed E-state index contributed by atoms with van der Waals surface area (Å²) in [5.74, 6) is 0.0444. The molecule has 0 aromatic carbocycles. The first-order valence-electron chi connectivity index (χ1n) is 5.70. The number of hydrogen-bond donors (Lipinski definition) is 1. The highest BCUT2D eigenvalue weighted by Gasteiger charge is 2.18. The van der Waals surface area contributed by atoms with Crippen molar-refractivity contribution in [3.8, 4) is 0 Å². The van der Waals surface area contributed by atoms with Gasteiger partial charge in [-0.05, 0) is 13.3 Å².